The van der Waals surface area contributed by atoms with Crippen LogP contribution in [0.2, 0.25) is 0 Å². The van der Waals surface area contributed by atoms with E-state index in [0.717, 1.165) is 27.8 Å². The summed E-state index contributed by atoms with van der Waals surface area (Å²) in [7, 11) is 0. The zero-order chi connectivity index (χ0) is 27.7. The first-order valence-corrected chi connectivity index (χ1v) is 13.3. The molecule has 0 radical (unpaired) electrons. The molecule has 1 N–H and O–H groups in total. The number of benzene rings is 3. The summed E-state index contributed by atoms with van der Waals surface area (Å²) >= 11 is 0. The average molecular weight is 530 g/mol. The topological polar surface area (TPSA) is 90.9 Å². The van der Waals surface area contributed by atoms with E-state index < -0.39 is 11.6 Å². The van der Waals surface area contributed by atoms with Crippen molar-refractivity contribution in [1.29, 1.82) is 0 Å². The second-order valence-corrected chi connectivity index (χ2v) is 10.1. The molecule has 1 amide bonds. The van der Waals surface area contributed by atoms with E-state index in [1.165, 1.54) is 0 Å². The molecule has 7 nitrogen and oxygen atoms in total. The van der Waals surface area contributed by atoms with E-state index in [4.69, 9.17) is 14.2 Å². The number of aldehydes is 1. The minimum atomic E-state index is -1.25. The lowest BCUT2D eigenvalue weighted by Gasteiger charge is -2.32. The van der Waals surface area contributed by atoms with E-state index in [-0.39, 0.29) is 50.7 Å². The number of alkyl carbamates (subject to hydrolysis) is 1. The van der Waals surface area contributed by atoms with Crippen LogP contribution < -0.4 is 5.32 Å². The Bertz CT molecular complexity index is 1230. The van der Waals surface area contributed by atoms with E-state index in [1.54, 1.807) is 0 Å². The zero-order valence-electron chi connectivity index (χ0n) is 22.4. The van der Waals surface area contributed by atoms with Crippen LogP contribution in [0.15, 0.2) is 78.9 Å². The number of hydrogen-bond acceptors (Lipinski definition) is 6. The smallest absolute Gasteiger partial charge is 0.408 e. The lowest BCUT2D eigenvalue weighted by atomic mass is 9.89. The number of hydrogen-bond donors (Lipinski definition) is 1. The number of nitrogens with one attached hydrogen (secondary N) is 1. The van der Waals surface area contributed by atoms with E-state index in [9.17, 15) is 14.4 Å². The maximum Gasteiger partial charge on any atom is 0.408 e. The van der Waals surface area contributed by atoms with E-state index in [1.807, 2.05) is 68.4 Å². The van der Waals surface area contributed by atoms with Gasteiger partial charge in [0.1, 0.15) is 25.0 Å². The molecule has 1 atom stereocenters. The number of fused-ring (bicyclic) bond motifs is 3. The van der Waals surface area contributed by atoms with Gasteiger partial charge in [0.25, 0.3) is 0 Å². The standard InChI is InChI=1S/C32H35NO6/c1-23(2)32(21-34,22-37-18-10-17-30(35)38-19-24-11-4-3-5-12-24)33-31(36)39-20-29-27-15-8-6-13-25(27)26-14-7-9-16-28(26)29/h3-9,11-16,21,23,29H,10,17-20,22H2,1-2H3,(H,33,36)/t32-/m1/s1. The van der Waals surface area contributed by atoms with Crippen molar-refractivity contribution in [3.63, 3.8) is 0 Å². The van der Waals surface area contributed by atoms with E-state index in [0.29, 0.717) is 12.7 Å². The summed E-state index contributed by atoms with van der Waals surface area (Å²) in [6.45, 7) is 4.27. The second-order valence-electron chi connectivity index (χ2n) is 10.1. The summed E-state index contributed by atoms with van der Waals surface area (Å²) in [6, 6.07) is 25.7. The van der Waals surface area contributed by atoms with Crippen LogP contribution in [0.4, 0.5) is 4.79 Å². The van der Waals surface area contributed by atoms with E-state index in [2.05, 4.69) is 29.6 Å². The largest absolute Gasteiger partial charge is 0.461 e. The van der Waals surface area contributed by atoms with Gasteiger partial charge in [0.05, 0.1) is 6.61 Å². The summed E-state index contributed by atoms with van der Waals surface area (Å²) in [5.41, 5.74) is 4.18. The highest BCUT2D eigenvalue weighted by atomic mass is 16.6. The Morgan fingerprint density at radius 3 is 2.13 bits per heavy atom. The second kappa shape index (κ2) is 13.2. The number of amides is 1. The molecule has 0 heterocycles. The number of esters is 1. The summed E-state index contributed by atoms with van der Waals surface area (Å²) in [4.78, 5) is 37.0. The minimum absolute atomic E-state index is 0.0303. The Kier molecular flexibility index (Phi) is 9.49. The van der Waals surface area contributed by atoms with Crippen molar-refractivity contribution in [3.05, 3.63) is 95.6 Å². The van der Waals surface area contributed by atoms with Gasteiger partial charge in [-0.15, -0.1) is 0 Å². The van der Waals surface area contributed by atoms with Gasteiger partial charge in [0, 0.05) is 18.9 Å². The van der Waals surface area contributed by atoms with Crippen LogP contribution in [0.25, 0.3) is 11.1 Å². The van der Waals surface area contributed by atoms with Gasteiger partial charge in [0.15, 0.2) is 0 Å². The Hall–Kier alpha value is -3.97. The van der Waals surface area contributed by atoms with Gasteiger partial charge in [-0.25, -0.2) is 4.79 Å². The predicted octanol–water partition coefficient (Wildman–Crippen LogP) is 5.66. The van der Waals surface area contributed by atoms with Crippen molar-refractivity contribution in [2.45, 2.75) is 44.8 Å². The maximum absolute atomic E-state index is 12.9. The molecule has 0 unspecified atom stereocenters. The summed E-state index contributed by atoms with van der Waals surface area (Å²) in [6.07, 6.45) is 0.659. The van der Waals surface area contributed by atoms with Crippen LogP contribution in [0.1, 0.15) is 49.3 Å². The highest BCUT2D eigenvalue weighted by Crippen LogP contribution is 2.44. The molecule has 0 spiro atoms. The number of carbonyl (C=O) groups excluding carboxylic acids is 3. The van der Waals surface area contributed by atoms with Crippen molar-refractivity contribution in [1.82, 2.24) is 5.32 Å². The first-order chi connectivity index (χ1) is 18.9. The quantitative estimate of drug-likeness (QED) is 0.175. The van der Waals surface area contributed by atoms with Gasteiger partial charge < -0.3 is 24.3 Å². The molecule has 0 saturated carbocycles. The van der Waals surface area contributed by atoms with Gasteiger partial charge in [-0.1, -0.05) is 92.7 Å². The fourth-order valence-electron chi connectivity index (χ4n) is 4.74. The molecular weight excluding hydrogens is 494 g/mol. The van der Waals surface area contributed by atoms with Crippen LogP contribution in [-0.4, -0.2) is 43.7 Å². The molecule has 39 heavy (non-hydrogen) atoms. The maximum atomic E-state index is 12.9. The highest BCUT2D eigenvalue weighted by molar-refractivity contribution is 5.80. The van der Waals surface area contributed by atoms with Crippen LogP contribution in [0.3, 0.4) is 0 Å². The molecule has 0 saturated heterocycles. The zero-order valence-corrected chi connectivity index (χ0v) is 22.4. The first-order valence-electron chi connectivity index (χ1n) is 13.3. The number of carbonyl (C=O) groups is 3. The molecule has 0 bridgehead atoms. The Morgan fingerprint density at radius 2 is 1.51 bits per heavy atom. The number of ether oxygens (including phenoxy) is 3. The van der Waals surface area contributed by atoms with Crippen molar-refractivity contribution in [3.8, 4) is 11.1 Å². The third kappa shape index (κ3) is 6.92. The van der Waals surface area contributed by atoms with Crippen molar-refractivity contribution in [2.75, 3.05) is 19.8 Å². The van der Waals surface area contributed by atoms with Crippen molar-refractivity contribution >= 4 is 18.3 Å². The van der Waals surface area contributed by atoms with Gasteiger partial charge >= 0.3 is 12.1 Å². The molecule has 1 aliphatic carbocycles. The third-order valence-electron chi connectivity index (χ3n) is 7.17. The Morgan fingerprint density at radius 1 is 0.897 bits per heavy atom. The van der Waals surface area contributed by atoms with Crippen molar-refractivity contribution in [2.24, 2.45) is 5.92 Å². The summed E-state index contributed by atoms with van der Waals surface area (Å²) < 4.78 is 16.6. The number of rotatable bonds is 13. The van der Waals surface area contributed by atoms with E-state index >= 15 is 0 Å². The molecule has 4 rings (SSSR count). The predicted molar refractivity (Wildman–Crippen MR) is 148 cm³/mol. The highest BCUT2D eigenvalue weighted by Gasteiger charge is 2.37. The molecular formula is C32H35NO6. The molecule has 0 aliphatic heterocycles. The van der Waals surface area contributed by atoms with Crippen LogP contribution in [0.5, 0.6) is 0 Å². The molecule has 7 heteroatoms. The molecule has 3 aromatic carbocycles. The summed E-state index contributed by atoms with van der Waals surface area (Å²) in [5.74, 6) is -0.637. The normalized spacial score (nSPS) is 13.7. The first kappa shape index (κ1) is 28.0. The van der Waals surface area contributed by atoms with Crippen LogP contribution in [-0.2, 0) is 30.4 Å². The average Bonchev–Trinajstić information content (AvgIpc) is 3.28. The van der Waals surface area contributed by atoms with Crippen LogP contribution in [0, 0.1) is 5.92 Å². The molecule has 204 valence electrons. The SMILES string of the molecule is CC(C)[C@@](C=O)(COCCCC(=O)OCc1ccccc1)NC(=O)OCC1c2ccccc2-c2ccccc21. The molecule has 0 fully saturated rings. The Labute approximate surface area is 229 Å². The molecule has 1 aliphatic rings. The van der Waals surface area contributed by atoms with Crippen LogP contribution >= 0.6 is 0 Å². The summed E-state index contributed by atoms with van der Waals surface area (Å²) in [5, 5.41) is 2.74. The monoisotopic (exact) mass is 529 g/mol. The molecule has 3 aromatic rings. The third-order valence-corrected chi connectivity index (χ3v) is 7.17. The van der Waals surface area contributed by atoms with Gasteiger partial charge in [-0.2, -0.15) is 0 Å². The Balaban J connectivity index is 1.25. The fourth-order valence-corrected chi connectivity index (χ4v) is 4.74. The van der Waals surface area contributed by atoms with Gasteiger partial charge in [-0.3, -0.25) is 4.79 Å². The van der Waals surface area contributed by atoms with Crippen molar-refractivity contribution < 1.29 is 28.6 Å². The van der Waals surface area contributed by atoms with Gasteiger partial charge in [0.2, 0.25) is 0 Å². The molecule has 0 aromatic heterocycles. The lowest BCUT2D eigenvalue weighted by Crippen LogP contribution is -2.57. The fraction of sp³-hybridized carbons (Fsp3) is 0.344. The van der Waals surface area contributed by atoms with Gasteiger partial charge in [-0.05, 0) is 40.2 Å². The minimum Gasteiger partial charge on any atom is -0.461 e. The lowest BCUT2D eigenvalue weighted by molar-refractivity contribution is -0.145.